The number of halogens is 3. The highest BCUT2D eigenvalue weighted by molar-refractivity contribution is 9.11. The maximum Gasteiger partial charge on any atom is 0.335 e. The van der Waals surface area contributed by atoms with Gasteiger partial charge in [0.25, 0.3) is 17.7 Å². The lowest BCUT2D eigenvalue weighted by atomic mass is 10.1. The normalized spacial score (nSPS) is 14.5. The van der Waals surface area contributed by atoms with Gasteiger partial charge in [0.2, 0.25) is 0 Å². The highest BCUT2D eigenvalue weighted by atomic mass is 79.9. The van der Waals surface area contributed by atoms with E-state index in [1.54, 1.807) is 24.3 Å². The van der Waals surface area contributed by atoms with Crippen molar-refractivity contribution in [2.24, 2.45) is 0 Å². The van der Waals surface area contributed by atoms with Crippen LogP contribution in [0.15, 0.2) is 69.1 Å². The van der Waals surface area contributed by atoms with E-state index in [2.05, 4.69) is 42.5 Å². The molecule has 0 aromatic heterocycles. The first-order chi connectivity index (χ1) is 18.0. The molecule has 2 N–H and O–H groups in total. The largest absolute Gasteiger partial charge is 0.481 e. The Morgan fingerprint density at radius 3 is 2.45 bits per heavy atom. The first-order valence-electron chi connectivity index (χ1n) is 11.2. The third kappa shape index (κ3) is 6.15. The van der Waals surface area contributed by atoms with Gasteiger partial charge in [0.15, 0.2) is 6.61 Å². The number of ether oxygens (including phenoxy) is 1. The van der Waals surface area contributed by atoms with Gasteiger partial charge in [0.1, 0.15) is 11.3 Å². The minimum absolute atomic E-state index is 0.226. The molecule has 1 heterocycles. The van der Waals surface area contributed by atoms with E-state index in [0.29, 0.717) is 31.0 Å². The van der Waals surface area contributed by atoms with Crippen molar-refractivity contribution in [3.63, 3.8) is 0 Å². The fourth-order valence-electron chi connectivity index (χ4n) is 3.67. The number of carbonyl (C=O) groups is 4. The number of barbiturate groups is 1. The van der Waals surface area contributed by atoms with Crippen molar-refractivity contribution in [1.82, 2.24) is 5.32 Å². The molecule has 194 valence electrons. The smallest absolute Gasteiger partial charge is 0.335 e. The van der Waals surface area contributed by atoms with Crippen molar-refractivity contribution < 1.29 is 23.9 Å². The highest BCUT2D eigenvalue weighted by Crippen LogP contribution is 2.36. The molecule has 0 unspecified atom stereocenters. The van der Waals surface area contributed by atoms with Crippen LogP contribution < -0.4 is 20.3 Å². The average Bonchev–Trinajstić information content (AvgIpc) is 2.83. The summed E-state index contributed by atoms with van der Waals surface area (Å²) in [6, 6.07) is 14.3. The fraction of sp³-hybridized carbons (Fsp3) is 0.111. The van der Waals surface area contributed by atoms with Gasteiger partial charge in [-0.15, -0.1) is 0 Å². The van der Waals surface area contributed by atoms with E-state index in [-0.39, 0.29) is 23.8 Å². The number of nitrogens with one attached hydrogen (secondary N) is 2. The molecule has 0 aliphatic carbocycles. The zero-order chi connectivity index (χ0) is 27.6. The van der Waals surface area contributed by atoms with Gasteiger partial charge in [-0.3, -0.25) is 19.7 Å². The van der Waals surface area contributed by atoms with Crippen LogP contribution >= 0.6 is 43.5 Å². The second-order valence-corrected chi connectivity index (χ2v) is 10.6. The fourth-order valence-corrected chi connectivity index (χ4v) is 5.30. The summed E-state index contributed by atoms with van der Waals surface area (Å²) in [6.45, 7) is 3.59. The predicted molar refractivity (Wildman–Crippen MR) is 152 cm³/mol. The number of benzene rings is 3. The zero-order valence-corrected chi connectivity index (χ0v) is 24.0. The summed E-state index contributed by atoms with van der Waals surface area (Å²) in [6.07, 6.45) is 1.36. The molecule has 1 fully saturated rings. The first-order valence-corrected chi connectivity index (χ1v) is 13.2. The lowest BCUT2D eigenvalue weighted by Crippen LogP contribution is -2.54. The molecule has 38 heavy (non-hydrogen) atoms. The lowest BCUT2D eigenvalue weighted by molar-refractivity contribution is -0.122. The standard InChI is InChI=1S/C27H20Br2ClN3O5/c1-14-6-7-15(2)22(8-14)31-23(34)13-38-24-20(28)10-16(11-21(24)29)9-19-25(35)32-27(37)33(26(19)36)18-5-3-4-17(30)12-18/h3-12H,13H2,1-2H3,(H,31,34)(H,32,35,37)/b19-9+. The van der Waals surface area contributed by atoms with Crippen LogP contribution in [0.2, 0.25) is 5.02 Å². The third-order valence-corrected chi connectivity index (χ3v) is 6.93. The topological polar surface area (TPSA) is 105 Å². The van der Waals surface area contributed by atoms with E-state index >= 15 is 0 Å². The van der Waals surface area contributed by atoms with Crippen LogP contribution in [0.3, 0.4) is 0 Å². The summed E-state index contributed by atoms with van der Waals surface area (Å²) in [5, 5.41) is 5.34. The Morgan fingerprint density at radius 2 is 1.76 bits per heavy atom. The molecule has 0 saturated carbocycles. The molecule has 1 aliphatic heterocycles. The predicted octanol–water partition coefficient (Wildman–Crippen LogP) is 6.17. The van der Waals surface area contributed by atoms with Crippen LogP contribution in [0.4, 0.5) is 16.2 Å². The lowest BCUT2D eigenvalue weighted by Gasteiger charge is -2.26. The minimum atomic E-state index is -0.871. The van der Waals surface area contributed by atoms with Gasteiger partial charge in [-0.25, -0.2) is 9.69 Å². The quantitative estimate of drug-likeness (QED) is 0.243. The summed E-state index contributed by atoms with van der Waals surface area (Å²) in [5.74, 6) is -1.59. The van der Waals surface area contributed by atoms with Crippen LogP contribution in [0, 0.1) is 13.8 Å². The van der Waals surface area contributed by atoms with Crippen molar-refractivity contribution in [2.75, 3.05) is 16.8 Å². The van der Waals surface area contributed by atoms with Crippen LogP contribution in [0.5, 0.6) is 5.75 Å². The van der Waals surface area contributed by atoms with Gasteiger partial charge in [0, 0.05) is 10.7 Å². The third-order valence-electron chi connectivity index (χ3n) is 5.51. The molecular weight excluding hydrogens is 642 g/mol. The molecule has 5 amide bonds. The van der Waals surface area contributed by atoms with Crippen LogP contribution in [-0.2, 0) is 14.4 Å². The van der Waals surface area contributed by atoms with Gasteiger partial charge in [-0.2, -0.15) is 0 Å². The number of nitrogens with zero attached hydrogens (tertiary/aromatic N) is 1. The molecule has 3 aromatic rings. The molecule has 0 atom stereocenters. The van der Waals surface area contributed by atoms with Crippen molar-refractivity contribution in [2.45, 2.75) is 13.8 Å². The molecule has 4 rings (SSSR count). The average molecular weight is 662 g/mol. The van der Waals surface area contributed by atoms with Crippen LogP contribution in [0.1, 0.15) is 16.7 Å². The van der Waals surface area contributed by atoms with E-state index in [0.717, 1.165) is 16.0 Å². The number of imide groups is 2. The first kappa shape index (κ1) is 27.6. The Labute approximate surface area is 240 Å². The zero-order valence-electron chi connectivity index (χ0n) is 20.1. The van der Waals surface area contributed by atoms with Crippen molar-refractivity contribution in [1.29, 1.82) is 0 Å². The molecule has 3 aromatic carbocycles. The Hall–Kier alpha value is -3.47. The Bertz CT molecular complexity index is 1500. The van der Waals surface area contributed by atoms with E-state index < -0.39 is 17.8 Å². The van der Waals surface area contributed by atoms with Crippen LogP contribution in [-0.4, -0.2) is 30.4 Å². The SMILES string of the molecule is Cc1ccc(C)c(NC(=O)COc2c(Br)cc(/C=C3\C(=O)NC(=O)N(c4cccc(Cl)c4)C3=O)cc2Br)c1. The second kappa shape index (κ2) is 11.5. The number of hydrogen-bond acceptors (Lipinski definition) is 5. The van der Waals surface area contributed by atoms with E-state index in [1.807, 2.05) is 32.0 Å². The highest BCUT2D eigenvalue weighted by Gasteiger charge is 2.37. The Balaban J connectivity index is 1.53. The molecular formula is C27H20Br2ClN3O5. The number of amides is 5. The van der Waals surface area contributed by atoms with E-state index in [9.17, 15) is 19.2 Å². The van der Waals surface area contributed by atoms with Crippen molar-refractivity contribution in [3.05, 3.63) is 90.8 Å². The second-order valence-electron chi connectivity index (χ2n) is 8.41. The number of carbonyl (C=O) groups excluding carboxylic acids is 4. The minimum Gasteiger partial charge on any atom is -0.481 e. The van der Waals surface area contributed by atoms with Gasteiger partial charge in [0.05, 0.1) is 14.6 Å². The van der Waals surface area contributed by atoms with Gasteiger partial charge in [-0.1, -0.05) is 29.8 Å². The van der Waals surface area contributed by atoms with Crippen LogP contribution in [0.25, 0.3) is 6.08 Å². The summed E-state index contributed by atoms with van der Waals surface area (Å²) >= 11 is 12.8. The molecule has 1 aliphatic rings. The van der Waals surface area contributed by atoms with Crippen molar-refractivity contribution in [3.8, 4) is 5.75 Å². The number of urea groups is 1. The summed E-state index contributed by atoms with van der Waals surface area (Å²) in [4.78, 5) is 51.3. The monoisotopic (exact) mass is 659 g/mol. The van der Waals surface area contributed by atoms with Gasteiger partial charge < -0.3 is 10.1 Å². The Morgan fingerprint density at radius 1 is 1.05 bits per heavy atom. The molecule has 8 nitrogen and oxygen atoms in total. The molecule has 0 bridgehead atoms. The summed E-state index contributed by atoms with van der Waals surface area (Å²) in [7, 11) is 0. The maximum absolute atomic E-state index is 13.1. The summed E-state index contributed by atoms with van der Waals surface area (Å²) < 4.78 is 6.67. The Kier molecular flexibility index (Phi) is 8.35. The molecule has 1 saturated heterocycles. The van der Waals surface area contributed by atoms with Gasteiger partial charge >= 0.3 is 6.03 Å². The number of rotatable bonds is 6. The number of anilines is 2. The van der Waals surface area contributed by atoms with Crippen molar-refractivity contribution >= 4 is 84.7 Å². The summed E-state index contributed by atoms with van der Waals surface area (Å²) in [5.41, 5.74) is 3.11. The van der Waals surface area contributed by atoms with E-state index in [4.69, 9.17) is 16.3 Å². The van der Waals surface area contributed by atoms with E-state index in [1.165, 1.54) is 18.2 Å². The van der Waals surface area contributed by atoms with Gasteiger partial charge in [-0.05, 0) is 105 Å². The number of hydrogen-bond donors (Lipinski definition) is 2. The molecule has 0 spiro atoms. The maximum atomic E-state index is 13.1. The molecule has 11 heteroatoms. The number of aryl methyl sites for hydroxylation is 2. The molecule has 0 radical (unpaired) electrons.